The summed E-state index contributed by atoms with van der Waals surface area (Å²) in [5.74, 6) is 0. The normalized spacial score (nSPS) is 44.8. The fourth-order valence-electron chi connectivity index (χ4n) is 4.94. The molecule has 107 valence electrons. The number of piperazine rings is 2. The smallest absolute Gasteiger partial charge is 0.0923 e. The molecule has 2 aliphatic heterocycles. The Morgan fingerprint density at radius 2 is 2.00 bits per heavy atom. The minimum atomic E-state index is 0.195. The van der Waals surface area contributed by atoms with E-state index in [4.69, 9.17) is 0 Å². The summed E-state index contributed by atoms with van der Waals surface area (Å²) in [5, 5.41) is 11.4. The van der Waals surface area contributed by atoms with Gasteiger partial charge in [0.05, 0.1) is 11.7 Å². The summed E-state index contributed by atoms with van der Waals surface area (Å²) in [5.41, 5.74) is 0.195. The average Bonchev–Trinajstić information content (AvgIpc) is 2.91. The molecule has 0 aromatic carbocycles. The minimum Gasteiger partial charge on any atom is -0.311 e. The molecule has 4 nitrogen and oxygen atoms in total. The quantitative estimate of drug-likeness (QED) is 0.655. The predicted octanol–water partition coefficient (Wildman–Crippen LogP) is 0.808. The number of nitrogens with zero attached hydrogens (tertiary/aromatic N) is 1. The van der Waals surface area contributed by atoms with Crippen molar-refractivity contribution in [1.29, 1.82) is 0 Å². The van der Waals surface area contributed by atoms with Crippen LogP contribution in [-0.4, -0.2) is 48.8 Å². The average molecular weight is 263 g/mol. The Morgan fingerprint density at radius 1 is 1.05 bits per heavy atom. The van der Waals surface area contributed by atoms with Crippen LogP contribution in [-0.2, 0) is 0 Å². The van der Waals surface area contributed by atoms with Crippen LogP contribution in [0.5, 0.6) is 0 Å². The number of rotatable bonds is 1. The van der Waals surface area contributed by atoms with Crippen LogP contribution in [0.2, 0.25) is 0 Å². The zero-order valence-electron chi connectivity index (χ0n) is 11.9. The summed E-state index contributed by atoms with van der Waals surface area (Å²) in [7, 11) is 0. The molecule has 4 aliphatic rings. The molecule has 0 spiro atoms. The van der Waals surface area contributed by atoms with Crippen LogP contribution in [0.15, 0.2) is 0 Å². The van der Waals surface area contributed by atoms with Crippen LogP contribution in [0.4, 0.5) is 0 Å². The molecule has 2 saturated heterocycles. The first-order valence-corrected chi connectivity index (χ1v) is 8.25. The maximum absolute atomic E-state index is 3.90. The van der Waals surface area contributed by atoms with Gasteiger partial charge in [0.1, 0.15) is 0 Å². The van der Waals surface area contributed by atoms with Crippen molar-refractivity contribution in [2.75, 3.05) is 26.2 Å². The number of hydrogen-bond donors (Lipinski definition) is 3. The summed E-state index contributed by atoms with van der Waals surface area (Å²) in [4.78, 5) is 2.84. The van der Waals surface area contributed by atoms with E-state index in [1.54, 1.807) is 6.04 Å². The fraction of sp³-hybridized carbons (Fsp3) is 0.933. The first-order valence-electron chi connectivity index (χ1n) is 8.25. The van der Waals surface area contributed by atoms with Crippen molar-refractivity contribution in [2.45, 2.75) is 62.7 Å². The van der Waals surface area contributed by atoms with E-state index in [2.05, 4.69) is 20.9 Å². The number of nitrogens with one attached hydrogen (secondary N) is 3. The Balaban J connectivity index is 1.61. The summed E-state index contributed by atoms with van der Waals surface area (Å²) >= 11 is 0. The van der Waals surface area contributed by atoms with Gasteiger partial charge < -0.3 is 10.6 Å². The van der Waals surface area contributed by atoms with Gasteiger partial charge in [0.25, 0.3) is 0 Å². The highest BCUT2D eigenvalue weighted by Gasteiger charge is 2.53. The molecule has 3 atom stereocenters. The Kier molecular flexibility index (Phi) is 3.30. The summed E-state index contributed by atoms with van der Waals surface area (Å²) in [6, 6.07) is 3.08. The second kappa shape index (κ2) is 4.99. The van der Waals surface area contributed by atoms with Crippen LogP contribution in [0, 0.1) is 6.04 Å². The minimum absolute atomic E-state index is 0.195. The standard InChI is InChI=1S/C15H27N4/c1-2-5-13-12(4-1)16-10-11-19(13)15-7-3-6-14(15)17-8-9-18-15/h12-13,16-18H,1-11H2. The monoisotopic (exact) mass is 263 g/mol. The van der Waals surface area contributed by atoms with E-state index in [0.29, 0.717) is 0 Å². The van der Waals surface area contributed by atoms with Gasteiger partial charge in [0, 0.05) is 38.3 Å². The summed E-state index contributed by atoms with van der Waals surface area (Å²) in [6.07, 6.45) is 9.51. The Morgan fingerprint density at radius 3 is 3.00 bits per heavy atom. The van der Waals surface area contributed by atoms with Crippen molar-refractivity contribution in [3.05, 3.63) is 6.04 Å². The largest absolute Gasteiger partial charge is 0.311 e. The second-order valence-electron chi connectivity index (χ2n) is 6.65. The molecule has 4 heteroatoms. The van der Waals surface area contributed by atoms with Crippen molar-refractivity contribution in [1.82, 2.24) is 20.9 Å². The molecule has 0 aromatic heterocycles. The Labute approximate surface area is 116 Å². The third-order valence-corrected chi connectivity index (χ3v) is 5.72. The third-order valence-electron chi connectivity index (χ3n) is 5.72. The zero-order chi connectivity index (χ0) is 12.7. The van der Waals surface area contributed by atoms with E-state index in [-0.39, 0.29) is 5.66 Å². The lowest BCUT2D eigenvalue weighted by atomic mass is 9.84. The summed E-state index contributed by atoms with van der Waals surface area (Å²) < 4.78 is 0. The van der Waals surface area contributed by atoms with Crippen LogP contribution >= 0.6 is 0 Å². The molecule has 2 aliphatic carbocycles. The van der Waals surface area contributed by atoms with Crippen LogP contribution < -0.4 is 16.0 Å². The molecule has 19 heavy (non-hydrogen) atoms. The van der Waals surface area contributed by atoms with Crippen molar-refractivity contribution < 1.29 is 0 Å². The lowest BCUT2D eigenvalue weighted by molar-refractivity contribution is -0.0289. The van der Waals surface area contributed by atoms with Crippen LogP contribution in [0.25, 0.3) is 0 Å². The zero-order valence-corrected chi connectivity index (χ0v) is 11.9. The molecule has 0 amide bonds. The van der Waals surface area contributed by atoms with E-state index < -0.39 is 0 Å². The van der Waals surface area contributed by atoms with Crippen molar-refractivity contribution in [3.63, 3.8) is 0 Å². The Hall–Kier alpha value is -0.160. The van der Waals surface area contributed by atoms with Crippen molar-refractivity contribution in [2.24, 2.45) is 0 Å². The highest BCUT2D eigenvalue weighted by atomic mass is 15.4. The van der Waals surface area contributed by atoms with Gasteiger partial charge in [-0.1, -0.05) is 12.8 Å². The topological polar surface area (TPSA) is 39.3 Å². The van der Waals surface area contributed by atoms with Gasteiger partial charge in [-0.3, -0.25) is 10.2 Å². The molecular formula is C15H27N4. The van der Waals surface area contributed by atoms with Crippen molar-refractivity contribution >= 4 is 0 Å². The molecule has 0 bridgehead atoms. The van der Waals surface area contributed by atoms with Crippen molar-refractivity contribution in [3.8, 4) is 0 Å². The van der Waals surface area contributed by atoms with Gasteiger partial charge >= 0.3 is 0 Å². The van der Waals surface area contributed by atoms with Gasteiger partial charge in [-0.15, -0.1) is 0 Å². The van der Waals surface area contributed by atoms with Gasteiger partial charge in [-0.2, -0.15) is 0 Å². The van der Waals surface area contributed by atoms with Gasteiger partial charge in [-0.05, 0) is 32.1 Å². The Bertz CT molecular complexity index is 332. The SMILES string of the molecule is C1CCC2C(C1)NCCN2C12CCC[C]1NCCN2. The third kappa shape index (κ3) is 1.96. The van der Waals surface area contributed by atoms with Crippen LogP contribution in [0.1, 0.15) is 44.9 Å². The number of hydrogen-bond acceptors (Lipinski definition) is 4. The molecule has 4 rings (SSSR count). The van der Waals surface area contributed by atoms with Gasteiger partial charge in [0.2, 0.25) is 0 Å². The van der Waals surface area contributed by atoms with E-state index >= 15 is 0 Å². The highest BCUT2D eigenvalue weighted by Crippen LogP contribution is 2.43. The molecule has 2 saturated carbocycles. The van der Waals surface area contributed by atoms with Gasteiger partial charge in [-0.25, -0.2) is 0 Å². The van der Waals surface area contributed by atoms with E-state index in [1.807, 2.05) is 0 Å². The molecule has 4 fully saturated rings. The predicted molar refractivity (Wildman–Crippen MR) is 76.6 cm³/mol. The van der Waals surface area contributed by atoms with E-state index in [9.17, 15) is 0 Å². The molecule has 3 N–H and O–H groups in total. The van der Waals surface area contributed by atoms with E-state index in [0.717, 1.165) is 31.7 Å². The number of fused-ring (bicyclic) bond motifs is 2. The lowest BCUT2D eigenvalue weighted by Crippen LogP contribution is -2.74. The fourth-order valence-corrected chi connectivity index (χ4v) is 4.94. The molecule has 3 unspecified atom stereocenters. The maximum Gasteiger partial charge on any atom is 0.0923 e. The summed E-state index contributed by atoms with van der Waals surface area (Å²) in [6.45, 7) is 4.60. The molecule has 1 radical (unpaired) electrons. The maximum atomic E-state index is 3.90. The highest BCUT2D eigenvalue weighted by molar-refractivity contribution is 5.19. The lowest BCUT2D eigenvalue weighted by Gasteiger charge is -2.56. The molecule has 0 aromatic rings. The second-order valence-corrected chi connectivity index (χ2v) is 6.65. The first kappa shape index (κ1) is 12.6. The van der Waals surface area contributed by atoms with Gasteiger partial charge in [0.15, 0.2) is 0 Å². The van der Waals surface area contributed by atoms with Crippen LogP contribution in [0.3, 0.4) is 0 Å². The first-order chi connectivity index (χ1) is 9.40. The van der Waals surface area contributed by atoms with E-state index in [1.165, 1.54) is 51.5 Å². The molecule has 2 heterocycles. The molecular weight excluding hydrogens is 236 g/mol.